The van der Waals surface area contributed by atoms with Gasteiger partial charge < -0.3 is 19.4 Å². The third-order valence-electron chi connectivity index (χ3n) is 5.82. The van der Waals surface area contributed by atoms with Crippen LogP contribution in [0.4, 0.5) is 0 Å². The number of halogens is 1. The second kappa shape index (κ2) is 24.1. The number of benzene rings is 1. The molecule has 0 saturated carbocycles. The molecule has 0 fully saturated rings. The topological polar surface area (TPSA) is 138 Å². The molecule has 38 heavy (non-hydrogen) atoms. The Morgan fingerprint density at radius 2 is 1.34 bits per heavy atom. The van der Waals surface area contributed by atoms with Gasteiger partial charge in [0.15, 0.2) is 5.25 Å². The molecule has 1 rings (SSSR count). The van der Waals surface area contributed by atoms with E-state index in [1.807, 2.05) is 30.3 Å². The summed E-state index contributed by atoms with van der Waals surface area (Å²) in [5.41, 5.74) is 0. The van der Waals surface area contributed by atoms with Crippen molar-refractivity contribution in [2.24, 2.45) is 0 Å². The van der Waals surface area contributed by atoms with E-state index >= 15 is 0 Å². The number of rotatable bonds is 19. The minimum atomic E-state index is -4.84. The van der Waals surface area contributed by atoms with Crippen molar-refractivity contribution in [1.29, 1.82) is 0 Å². The molecule has 0 radical (unpaired) electrons. The van der Waals surface area contributed by atoms with Crippen molar-refractivity contribution in [2.45, 2.75) is 82.8 Å². The molecule has 0 spiro atoms. The zero-order chi connectivity index (χ0) is 27.5. The Bertz CT molecular complexity index is 841. The minimum absolute atomic E-state index is 0. The Balaban J connectivity index is -0.000000748. The molecule has 0 amide bonds. The van der Waals surface area contributed by atoms with Crippen LogP contribution in [0, 0.1) is 0 Å². The van der Waals surface area contributed by atoms with Gasteiger partial charge in [0.1, 0.15) is 18.9 Å². The van der Waals surface area contributed by atoms with Crippen LogP contribution in [0.25, 0.3) is 0 Å². The van der Waals surface area contributed by atoms with Gasteiger partial charge in [0.05, 0.1) is 27.1 Å². The second-order valence-corrected chi connectivity index (χ2v) is 11.3. The summed E-state index contributed by atoms with van der Waals surface area (Å²) in [5, 5.41) is 13.9. The Kier molecular flexibility index (Phi) is 26.5. The molecule has 1 atom stereocenters. The van der Waals surface area contributed by atoms with E-state index in [4.69, 9.17) is 19.5 Å². The van der Waals surface area contributed by atoms with Gasteiger partial charge in [0, 0.05) is 0 Å². The van der Waals surface area contributed by atoms with Crippen molar-refractivity contribution in [2.75, 3.05) is 33.8 Å². The van der Waals surface area contributed by atoms with Gasteiger partial charge in [0.25, 0.3) is 10.1 Å². The fourth-order valence-corrected chi connectivity index (χ4v) is 4.15. The fraction of sp³-hybridized carbons (Fsp3) is 0.692. The number of ether oxygens (including phenoxy) is 1. The number of aliphatic carboxylic acids is 2. The van der Waals surface area contributed by atoms with E-state index in [0.29, 0.717) is 0 Å². The third-order valence-corrected chi connectivity index (χ3v) is 6.91. The van der Waals surface area contributed by atoms with Gasteiger partial charge in [0.2, 0.25) is 0 Å². The summed E-state index contributed by atoms with van der Waals surface area (Å²) in [7, 11) is -0.197. The second-order valence-electron chi connectivity index (χ2n) is 9.67. The van der Waals surface area contributed by atoms with Gasteiger partial charge in [-0.2, -0.15) is 8.42 Å². The van der Waals surface area contributed by atoms with E-state index in [1.165, 1.54) is 70.8 Å². The average Bonchev–Trinajstić information content (AvgIpc) is 2.79. The summed E-state index contributed by atoms with van der Waals surface area (Å²) in [5.74, 6) is -2.52. The first kappa shape index (κ1) is 41.8. The first-order valence-electron chi connectivity index (χ1n) is 12.8. The standard InChI is InChI=1S/C22H40NO.C4H6O7S.BrH.Na.H/c1-4-5-6-7-8-9-10-11-12-16-19-23(2,3)20-21-24-22-17-14-13-15-18-22;5-3(6)1-2(4(7)8)12(9,10)11;;;/h13-15,17-18H,4-12,16,19-21H2,1-3H3;2H,1H2,(H,5,6)(H,7,8)(H,9,10,11);1H;;/q+1;;;;. The van der Waals surface area contributed by atoms with Crippen molar-refractivity contribution in [1.82, 2.24) is 0 Å². The monoisotopic (exact) mass is 636 g/mol. The first-order valence-corrected chi connectivity index (χ1v) is 14.3. The van der Waals surface area contributed by atoms with Crippen LogP contribution in [0.2, 0.25) is 0 Å². The third kappa shape index (κ3) is 24.4. The van der Waals surface area contributed by atoms with E-state index < -0.39 is 33.7 Å². The van der Waals surface area contributed by atoms with Crippen molar-refractivity contribution in [3.8, 4) is 5.75 Å². The number of hydrogen-bond acceptors (Lipinski definition) is 5. The van der Waals surface area contributed by atoms with E-state index in [1.54, 1.807) is 0 Å². The predicted molar refractivity (Wildman–Crippen MR) is 158 cm³/mol. The molecular weight excluding hydrogens is 589 g/mol. The molecule has 1 unspecified atom stereocenters. The van der Waals surface area contributed by atoms with E-state index in [0.717, 1.165) is 23.4 Å². The van der Waals surface area contributed by atoms with Crippen molar-refractivity contribution >= 4 is 68.6 Å². The van der Waals surface area contributed by atoms with Gasteiger partial charge >= 0.3 is 41.5 Å². The maximum atomic E-state index is 10.2. The summed E-state index contributed by atoms with van der Waals surface area (Å²) in [4.78, 5) is 20.0. The van der Waals surface area contributed by atoms with Gasteiger partial charge in [-0.05, 0) is 25.0 Å². The molecule has 0 bridgehead atoms. The molecule has 3 N–H and O–H groups in total. The first-order chi connectivity index (χ1) is 16.9. The molecule has 0 saturated heterocycles. The van der Waals surface area contributed by atoms with Crippen molar-refractivity contribution < 1.29 is 42.0 Å². The van der Waals surface area contributed by atoms with Crippen LogP contribution in [0.15, 0.2) is 30.3 Å². The zero-order valence-corrected chi connectivity index (χ0v) is 25.0. The summed E-state index contributed by atoms with van der Waals surface area (Å²) < 4.78 is 35.5. The van der Waals surface area contributed by atoms with Crippen molar-refractivity contribution in [3.63, 3.8) is 0 Å². The SMILES string of the molecule is Br.CCCCCCCCCCCC[N+](C)(C)CCOc1ccccc1.O=C(O)CC(C(=O)O)S(=O)(=O)O.[NaH]. The fourth-order valence-electron chi connectivity index (χ4n) is 3.55. The number of carboxylic acid groups (broad SMARTS) is 2. The summed E-state index contributed by atoms with van der Waals surface area (Å²) in [6.07, 6.45) is 12.9. The molecule has 0 aromatic heterocycles. The Hall–Kier alpha value is -0.690. The normalized spacial score (nSPS) is 11.7. The zero-order valence-electron chi connectivity index (χ0n) is 22.5. The van der Waals surface area contributed by atoms with E-state index in [9.17, 15) is 18.0 Å². The summed E-state index contributed by atoms with van der Waals surface area (Å²) in [6.45, 7) is 5.42. The molecular formula is C26H48BrNNaO8S+. The molecule has 1 aromatic rings. The molecule has 0 aliphatic heterocycles. The van der Waals surface area contributed by atoms with E-state index in [2.05, 4.69) is 21.0 Å². The van der Waals surface area contributed by atoms with Crippen LogP contribution in [0.3, 0.4) is 0 Å². The van der Waals surface area contributed by atoms with Crippen LogP contribution < -0.4 is 4.74 Å². The van der Waals surface area contributed by atoms with Gasteiger partial charge in [-0.1, -0.05) is 76.5 Å². The maximum absolute atomic E-state index is 10.2. The number of quaternary nitrogens is 1. The number of carbonyl (C=O) groups is 2. The number of unbranched alkanes of at least 4 members (excludes halogenated alkanes) is 9. The molecule has 0 aliphatic rings. The Morgan fingerprint density at radius 1 is 0.868 bits per heavy atom. The van der Waals surface area contributed by atoms with Crippen LogP contribution in [0.5, 0.6) is 5.75 Å². The van der Waals surface area contributed by atoms with E-state index in [-0.39, 0.29) is 46.5 Å². The summed E-state index contributed by atoms with van der Waals surface area (Å²) in [6, 6.07) is 10.1. The quantitative estimate of drug-likeness (QED) is 0.0852. The van der Waals surface area contributed by atoms with Gasteiger partial charge in [-0.25, -0.2) is 0 Å². The molecule has 0 heterocycles. The average molecular weight is 638 g/mol. The van der Waals surface area contributed by atoms with Crippen LogP contribution in [-0.4, -0.2) is 108 Å². The molecule has 12 heteroatoms. The predicted octanol–water partition coefficient (Wildman–Crippen LogP) is 4.79. The number of nitrogens with zero attached hydrogens (tertiary/aromatic N) is 1. The van der Waals surface area contributed by atoms with Crippen LogP contribution in [-0.2, 0) is 19.7 Å². The number of para-hydroxylation sites is 1. The molecule has 1 aromatic carbocycles. The van der Waals surface area contributed by atoms with Crippen LogP contribution in [0.1, 0.15) is 77.6 Å². The molecule has 218 valence electrons. The van der Waals surface area contributed by atoms with Gasteiger partial charge in [-0.3, -0.25) is 14.1 Å². The number of likely N-dealkylation sites (N-methyl/N-ethyl adjacent to an activating group) is 1. The van der Waals surface area contributed by atoms with Crippen molar-refractivity contribution in [3.05, 3.63) is 30.3 Å². The van der Waals surface area contributed by atoms with Crippen LogP contribution >= 0.6 is 17.0 Å². The summed E-state index contributed by atoms with van der Waals surface area (Å²) >= 11 is 0. The van der Waals surface area contributed by atoms with Gasteiger partial charge in [-0.15, -0.1) is 17.0 Å². The number of carboxylic acids is 2. The Morgan fingerprint density at radius 3 is 1.74 bits per heavy atom. The Labute approximate surface area is 261 Å². The number of hydrogen-bond donors (Lipinski definition) is 3. The molecule has 9 nitrogen and oxygen atoms in total. The molecule has 0 aliphatic carbocycles.